The highest BCUT2D eigenvalue weighted by Gasteiger charge is 2.42. The Morgan fingerprint density at radius 3 is 2.53 bits per heavy atom. The zero-order valence-electron chi connectivity index (χ0n) is 26.0. The van der Waals surface area contributed by atoms with Crippen molar-refractivity contribution in [3.63, 3.8) is 0 Å². The molecular formula is C34H36N8O4S. The normalized spacial score (nSPS) is 19.6. The van der Waals surface area contributed by atoms with Gasteiger partial charge in [0, 0.05) is 63.0 Å². The minimum Gasteiger partial charge on any atom is -0.388 e. The van der Waals surface area contributed by atoms with E-state index in [4.69, 9.17) is 5.73 Å². The Bertz CT molecular complexity index is 1980. The first-order chi connectivity index (χ1) is 22.7. The lowest BCUT2D eigenvalue weighted by atomic mass is 9.79. The van der Waals surface area contributed by atoms with Gasteiger partial charge in [-0.1, -0.05) is 30.3 Å². The number of aliphatic hydroxyl groups is 1. The summed E-state index contributed by atoms with van der Waals surface area (Å²) in [5, 5.41) is 12.7. The fraction of sp³-hybridized carbons (Fsp3) is 0.353. The zero-order chi connectivity index (χ0) is 32.7. The first kappa shape index (κ1) is 30.8. The second kappa shape index (κ2) is 12.4. The molecule has 4 aromatic heterocycles. The van der Waals surface area contributed by atoms with Crippen LogP contribution in [-0.4, -0.2) is 82.6 Å². The Labute approximate surface area is 275 Å². The van der Waals surface area contributed by atoms with Crippen molar-refractivity contribution in [2.24, 2.45) is 13.0 Å². The quantitative estimate of drug-likeness (QED) is 0.284. The number of fused-ring (bicyclic) bond motifs is 1. The van der Waals surface area contributed by atoms with E-state index in [0.29, 0.717) is 72.2 Å². The van der Waals surface area contributed by atoms with Crippen LogP contribution in [0.4, 0.5) is 5.82 Å². The predicted molar refractivity (Wildman–Crippen MR) is 179 cm³/mol. The number of nitrogens with zero attached hydrogens (tertiary/aromatic N) is 7. The second-order valence-corrected chi connectivity index (χ2v) is 13.6. The number of aromatic nitrogens is 5. The molecule has 0 bridgehead atoms. The lowest BCUT2D eigenvalue weighted by Gasteiger charge is -2.43. The van der Waals surface area contributed by atoms with Gasteiger partial charge in [-0.2, -0.15) is 0 Å². The number of anilines is 1. The molecule has 1 aromatic carbocycles. The molecule has 2 fully saturated rings. The lowest BCUT2D eigenvalue weighted by Crippen LogP contribution is -2.53. The number of nitrogen functional groups attached to an aromatic ring is 1. The summed E-state index contributed by atoms with van der Waals surface area (Å²) in [6.45, 7) is 1.74. The number of rotatable bonds is 6. The number of hydrogen-bond donors (Lipinski definition) is 2. The Hall–Kier alpha value is -4.88. The average Bonchev–Trinajstić information content (AvgIpc) is 3.74. The summed E-state index contributed by atoms with van der Waals surface area (Å²) in [5.41, 5.74) is 6.81. The minimum atomic E-state index is -1.13. The van der Waals surface area contributed by atoms with Crippen molar-refractivity contribution >= 4 is 40.0 Å². The largest absolute Gasteiger partial charge is 0.388 e. The van der Waals surface area contributed by atoms with E-state index in [1.807, 2.05) is 53.2 Å². The zero-order valence-corrected chi connectivity index (χ0v) is 26.8. The number of carbonyl (C=O) groups is 2. The van der Waals surface area contributed by atoms with Crippen molar-refractivity contribution < 1.29 is 14.7 Å². The highest BCUT2D eigenvalue weighted by atomic mass is 32.1. The van der Waals surface area contributed by atoms with Crippen LogP contribution < -0.4 is 11.3 Å². The van der Waals surface area contributed by atoms with E-state index >= 15 is 0 Å². The van der Waals surface area contributed by atoms with Crippen molar-refractivity contribution in [1.82, 2.24) is 33.9 Å². The molecule has 0 spiro atoms. The van der Waals surface area contributed by atoms with Gasteiger partial charge >= 0.3 is 0 Å². The number of amides is 2. The molecule has 47 heavy (non-hydrogen) atoms. The number of likely N-dealkylation sites (tertiary alicyclic amines) is 2. The number of thiazole rings is 1. The van der Waals surface area contributed by atoms with E-state index in [1.165, 1.54) is 22.2 Å². The van der Waals surface area contributed by atoms with Gasteiger partial charge in [0.1, 0.15) is 27.7 Å². The van der Waals surface area contributed by atoms with Crippen molar-refractivity contribution in [2.45, 2.75) is 37.3 Å². The van der Waals surface area contributed by atoms with Gasteiger partial charge in [-0.3, -0.25) is 19.0 Å². The third kappa shape index (κ3) is 6.03. The number of hydrogen-bond acceptors (Lipinski definition) is 9. The van der Waals surface area contributed by atoms with Crippen LogP contribution in [0.25, 0.3) is 21.6 Å². The molecule has 0 saturated carbocycles. The van der Waals surface area contributed by atoms with Crippen LogP contribution in [0.2, 0.25) is 0 Å². The van der Waals surface area contributed by atoms with Gasteiger partial charge in [0.2, 0.25) is 5.91 Å². The Kier molecular flexibility index (Phi) is 8.10. The topological polar surface area (TPSA) is 152 Å². The summed E-state index contributed by atoms with van der Waals surface area (Å²) in [6.07, 6.45) is 7.75. The molecule has 13 heteroatoms. The predicted octanol–water partition coefficient (Wildman–Crippen LogP) is 3.14. The lowest BCUT2D eigenvalue weighted by molar-refractivity contribution is -0.142. The third-order valence-corrected chi connectivity index (χ3v) is 10.6. The molecule has 3 N–H and O–H groups in total. The second-order valence-electron chi connectivity index (χ2n) is 12.6. The number of aryl methyl sites for hydroxylation is 1. The summed E-state index contributed by atoms with van der Waals surface area (Å²) >= 11 is 1.31. The van der Waals surface area contributed by atoms with Crippen LogP contribution >= 0.6 is 11.3 Å². The van der Waals surface area contributed by atoms with Gasteiger partial charge < -0.3 is 25.2 Å². The first-order valence-corrected chi connectivity index (χ1v) is 16.5. The van der Waals surface area contributed by atoms with Gasteiger partial charge in [-0.15, -0.1) is 11.3 Å². The third-order valence-electron chi connectivity index (χ3n) is 9.52. The molecule has 2 amide bonds. The first-order valence-electron chi connectivity index (χ1n) is 15.7. The smallest absolute Gasteiger partial charge is 0.265 e. The van der Waals surface area contributed by atoms with Crippen LogP contribution in [0.1, 0.15) is 40.4 Å². The van der Waals surface area contributed by atoms with E-state index in [2.05, 4.69) is 15.0 Å². The van der Waals surface area contributed by atoms with Crippen LogP contribution in [0.5, 0.6) is 0 Å². The van der Waals surface area contributed by atoms with Crippen LogP contribution in [0.3, 0.4) is 0 Å². The van der Waals surface area contributed by atoms with Crippen LogP contribution in [-0.2, 0) is 18.4 Å². The summed E-state index contributed by atoms with van der Waals surface area (Å²) in [6, 6.07) is 15.2. The number of piperidine rings is 2. The molecule has 0 unspecified atom stereocenters. The molecule has 12 nitrogen and oxygen atoms in total. The van der Waals surface area contributed by atoms with Crippen molar-refractivity contribution in [3.8, 4) is 10.6 Å². The Balaban J connectivity index is 1.04. The maximum Gasteiger partial charge on any atom is 0.265 e. The minimum absolute atomic E-state index is 0.0356. The fourth-order valence-electron chi connectivity index (χ4n) is 6.81. The van der Waals surface area contributed by atoms with Crippen molar-refractivity contribution in [1.29, 1.82) is 0 Å². The molecular weight excluding hydrogens is 616 g/mol. The molecule has 0 radical (unpaired) electrons. The summed E-state index contributed by atoms with van der Waals surface area (Å²) in [4.78, 5) is 58.0. The van der Waals surface area contributed by atoms with E-state index in [9.17, 15) is 19.5 Å². The van der Waals surface area contributed by atoms with Gasteiger partial charge in [0.25, 0.3) is 11.5 Å². The van der Waals surface area contributed by atoms with Gasteiger partial charge in [0.05, 0.1) is 23.7 Å². The number of pyridine rings is 1. The molecule has 2 atom stereocenters. The summed E-state index contributed by atoms with van der Waals surface area (Å²) < 4.78 is 3.26. The van der Waals surface area contributed by atoms with E-state index in [1.54, 1.807) is 35.3 Å². The molecule has 2 aliphatic heterocycles. The number of benzene rings is 1. The van der Waals surface area contributed by atoms with E-state index < -0.39 is 5.60 Å². The van der Waals surface area contributed by atoms with Gasteiger partial charge in [0.15, 0.2) is 0 Å². The molecule has 242 valence electrons. The van der Waals surface area contributed by atoms with Crippen molar-refractivity contribution in [2.75, 3.05) is 31.9 Å². The van der Waals surface area contributed by atoms with Crippen LogP contribution in [0.15, 0.2) is 78.2 Å². The molecule has 6 heterocycles. The van der Waals surface area contributed by atoms with Crippen LogP contribution in [0, 0.1) is 5.92 Å². The number of nitrogens with two attached hydrogens (primary N) is 1. The monoisotopic (exact) mass is 652 g/mol. The van der Waals surface area contributed by atoms with Crippen molar-refractivity contribution in [3.05, 3.63) is 94.2 Å². The standard InChI is InChI=1S/C34H36N8O4S/c1-39-13-9-25-29(39)38-21-42(32(25)44)20-34(46)11-15-40(16-12-34)31(43)24-10-14-41(19-26(24)22-5-3-2-4-6-22)33(45)27-18-37-30(47-27)23-7-8-28(35)36-17-23/h2-9,13,17-18,21,24,26,46H,10-12,14-16,19-20H2,1H3,(H2,35,36)/t24-,26+/m1/s1. The van der Waals surface area contributed by atoms with Gasteiger partial charge in [-0.25, -0.2) is 15.0 Å². The summed E-state index contributed by atoms with van der Waals surface area (Å²) in [7, 11) is 1.84. The van der Waals surface area contributed by atoms with E-state index in [-0.39, 0.29) is 35.8 Å². The average molecular weight is 653 g/mol. The highest BCUT2D eigenvalue weighted by molar-refractivity contribution is 7.16. The maximum atomic E-state index is 14.1. The van der Waals surface area contributed by atoms with E-state index in [0.717, 1.165) is 11.1 Å². The number of carbonyl (C=O) groups excluding carboxylic acids is 2. The molecule has 7 rings (SSSR count). The molecule has 5 aromatic rings. The highest BCUT2D eigenvalue weighted by Crippen LogP contribution is 2.37. The molecule has 2 aliphatic rings. The fourth-order valence-corrected chi connectivity index (χ4v) is 7.68. The maximum absolute atomic E-state index is 14.1. The molecule has 2 saturated heterocycles. The SMILES string of the molecule is Cn1ccc2c(=O)n(CC3(O)CCN(C(=O)[C@@H]4CCN(C(=O)c5cnc(-c6ccc(N)nc6)s5)C[C@H]4c4ccccc4)CC3)cnc21. The Morgan fingerprint density at radius 2 is 1.79 bits per heavy atom. The van der Waals surface area contributed by atoms with Gasteiger partial charge in [-0.05, 0) is 43.0 Å². The summed E-state index contributed by atoms with van der Waals surface area (Å²) in [5.74, 6) is -0.142. The molecule has 0 aliphatic carbocycles. The Morgan fingerprint density at radius 1 is 1.00 bits per heavy atom.